The number of hydrogen-bond acceptors (Lipinski definition) is 3. The quantitative estimate of drug-likeness (QED) is 0.838. The first-order valence-electron chi connectivity index (χ1n) is 5.09. The van der Waals surface area contributed by atoms with Crippen LogP contribution < -0.4 is 5.73 Å². The van der Waals surface area contributed by atoms with Crippen LogP contribution in [0.25, 0.3) is 0 Å². The number of rotatable bonds is 2. The molecule has 0 fully saturated rings. The lowest BCUT2D eigenvalue weighted by molar-refractivity contribution is 0.940. The highest BCUT2D eigenvalue weighted by Crippen LogP contribution is 2.17. The predicted molar refractivity (Wildman–Crippen MR) is 78.2 cm³/mol. The number of aromatic nitrogens is 2. The molecule has 0 saturated heterocycles. The summed E-state index contributed by atoms with van der Waals surface area (Å²) in [5.41, 5.74) is 7.86. The topological polar surface area (TPSA) is 51.8 Å². The Morgan fingerprint density at radius 2 is 1.88 bits per heavy atom. The van der Waals surface area contributed by atoms with Gasteiger partial charge in [-0.15, -0.1) is 0 Å². The van der Waals surface area contributed by atoms with E-state index in [1.165, 1.54) is 0 Å². The minimum Gasteiger partial charge on any atom is -0.383 e. The van der Waals surface area contributed by atoms with E-state index >= 15 is 0 Å². The second-order valence-corrected chi connectivity index (χ2v) is 5.24. The van der Waals surface area contributed by atoms with Gasteiger partial charge in [-0.1, -0.05) is 23.7 Å². The summed E-state index contributed by atoms with van der Waals surface area (Å²) in [7, 11) is 0. The lowest BCUT2D eigenvalue weighted by atomic mass is 10.1. The van der Waals surface area contributed by atoms with Crippen molar-refractivity contribution in [2.45, 2.75) is 13.3 Å². The van der Waals surface area contributed by atoms with Crippen LogP contribution in [0.15, 0.2) is 24.3 Å². The number of nitrogens with zero attached hydrogens (tertiary/aromatic N) is 2. The van der Waals surface area contributed by atoms with Gasteiger partial charge in [-0.3, -0.25) is 0 Å². The summed E-state index contributed by atoms with van der Waals surface area (Å²) in [5.74, 6) is 1.28. The summed E-state index contributed by atoms with van der Waals surface area (Å²) in [6.45, 7) is 1.94. The molecule has 0 bridgehead atoms. The average Bonchev–Trinajstić information content (AvgIpc) is 2.29. The zero-order valence-corrected chi connectivity index (χ0v) is 12.2. The molecule has 5 heteroatoms. The van der Waals surface area contributed by atoms with Crippen molar-refractivity contribution in [1.29, 1.82) is 0 Å². The fourth-order valence-corrected chi connectivity index (χ4v) is 1.87. The molecule has 1 aromatic carbocycles. The van der Waals surface area contributed by atoms with Gasteiger partial charge in [-0.25, -0.2) is 9.97 Å². The highest BCUT2D eigenvalue weighted by Gasteiger charge is 2.07. The summed E-state index contributed by atoms with van der Waals surface area (Å²) in [6, 6.07) is 7.66. The highest BCUT2D eigenvalue weighted by atomic mass is 127. The minimum atomic E-state index is 0.544. The van der Waals surface area contributed by atoms with Crippen molar-refractivity contribution in [2.75, 3.05) is 5.73 Å². The number of anilines is 1. The van der Waals surface area contributed by atoms with Gasteiger partial charge in [-0.2, -0.15) is 0 Å². The van der Waals surface area contributed by atoms with E-state index in [1.54, 1.807) is 0 Å². The molecule has 0 aliphatic carbocycles. The Morgan fingerprint density at radius 1 is 1.24 bits per heavy atom. The van der Waals surface area contributed by atoms with Crippen LogP contribution in [0.2, 0.25) is 5.02 Å². The number of benzene rings is 1. The molecule has 2 N–H and O–H groups in total. The van der Waals surface area contributed by atoms with Crippen molar-refractivity contribution in [3.05, 3.63) is 49.9 Å². The predicted octanol–water partition coefficient (Wildman–Crippen LogP) is 3.22. The maximum atomic E-state index is 5.83. The highest BCUT2D eigenvalue weighted by molar-refractivity contribution is 14.1. The summed E-state index contributed by atoms with van der Waals surface area (Å²) < 4.78 is 0.919. The van der Waals surface area contributed by atoms with Gasteiger partial charge >= 0.3 is 0 Å². The van der Waals surface area contributed by atoms with Gasteiger partial charge in [0, 0.05) is 11.4 Å². The summed E-state index contributed by atoms with van der Waals surface area (Å²) in [6.07, 6.45) is 0.666. The van der Waals surface area contributed by atoms with Crippen LogP contribution in [0, 0.1) is 10.5 Å². The normalized spacial score (nSPS) is 10.5. The molecule has 0 amide bonds. The van der Waals surface area contributed by atoms with E-state index in [4.69, 9.17) is 17.3 Å². The average molecular weight is 360 g/mol. The van der Waals surface area contributed by atoms with E-state index in [2.05, 4.69) is 32.6 Å². The van der Waals surface area contributed by atoms with E-state index in [1.807, 2.05) is 31.2 Å². The SMILES string of the molecule is Cc1nc(Cc2ccc(Cl)cc2)nc(N)c1I. The molecule has 0 spiro atoms. The molecule has 2 aromatic rings. The molecule has 0 aliphatic rings. The molecule has 2 rings (SSSR count). The minimum absolute atomic E-state index is 0.544. The molecule has 1 aromatic heterocycles. The van der Waals surface area contributed by atoms with E-state index in [0.29, 0.717) is 12.2 Å². The van der Waals surface area contributed by atoms with E-state index in [9.17, 15) is 0 Å². The van der Waals surface area contributed by atoms with Gasteiger partial charge in [0.15, 0.2) is 0 Å². The third kappa shape index (κ3) is 3.07. The number of halogens is 2. The zero-order valence-electron chi connectivity index (χ0n) is 9.24. The Balaban J connectivity index is 2.27. The van der Waals surface area contributed by atoms with Crippen LogP contribution in [0.5, 0.6) is 0 Å². The molecular weight excluding hydrogens is 349 g/mol. The third-order valence-electron chi connectivity index (χ3n) is 2.36. The Morgan fingerprint density at radius 3 is 2.47 bits per heavy atom. The van der Waals surface area contributed by atoms with Crippen molar-refractivity contribution >= 4 is 40.0 Å². The Hall–Kier alpha value is -0.880. The lowest BCUT2D eigenvalue weighted by Gasteiger charge is -2.06. The van der Waals surface area contributed by atoms with Gasteiger partial charge < -0.3 is 5.73 Å². The van der Waals surface area contributed by atoms with E-state index in [-0.39, 0.29) is 0 Å². The van der Waals surface area contributed by atoms with Gasteiger partial charge in [0.1, 0.15) is 11.6 Å². The molecule has 88 valence electrons. The number of aryl methyl sites for hydroxylation is 1. The van der Waals surface area contributed by atoms with Crippen molar-refractivity contribution in [3.63, 3.8) is 0 Å². The summed E-state index contributed by atoms with van der Waals surface area (Å²) in [4.78, 5) is 8.70. The smallest absolute Gasteiger partial charge is 0.140 e. The second-order valence-electron chi connectivity index (χ2n) is 3.73. The summed E-state index contributed by atoms with van der Waals surface area (Å²) in [5, 5.41) is 0.730. The van der Waals surface area contributed by atoms with Crippen LogP contribution in [-0.2, 0) is 6.42 Å². The molecular formula is C12H11ClIN3. The maximum absolute atomic E-state index is 5.83. The second kappa shape index (κ2) is 5.18. The van der Waals surface area contributed by atoms with Gasteiger partial charge in [0.25, 0.3) is 0 Å². The molecule has 0 unspecified atom stereocenters. The molecule has 0 radical (unpaired) electrons. The van der Waals surface area contributed by atoms with Crippen LogP contribution >= 0.6 is 34.2 Å². The van der Waals surface area contributed by atoms with Crippen molar-refractivity contribution in [3.8, 4) is 0 Å². The Bertz CT molecular complexity index is 517. The Kier molecular flexibility index (Phi) is 3.83. The largest absolute Gasteiger partial charge is 0.383 e. The zero-order chi connectivity index (χ0) is 12.4. The number of nitrogens with two attached hydrogens (primary N) is 1. The van der Waals surface area contributed by atoms with Crippen molar-refractivity contribution in [1.82, 2.24) is 9.97 Å². The van der Waals surface area contributed by atoms with Gasteiger partial charge in [0.2, 0.25) is 0 Å². The van der Waals surface area contributed by atoms with E-state index < -0.39 is 0 Å². The first kappa shape index (κ1) is 12.6. The van der Waals surface area contributed by atoms with Gasteiger partial charge in [0.05, 0.1) is 9.26 Å². The van der Waals surface area contributed by atoms with Gasteiger partial charge in [-0.05, 0) is 47.2 Å². The summed E-state index contributed by atoms with van der Waals surface area (Å²) >= 11 is 7.99. The third-order valence-corrected chi connectivity index (χ3v) is 3.95. The molecule has 17 heavy (non-hydrogen) atoms. The molecule has 0 aliphatic heterocycles. The molecule has 0 saturated carbocycles. The standard InChI is InChI=1S/C12H11ClIN3/c1-7-11(14)12(15)17-10(16-7)6-8-2-4-9(13)5-3-8/h2-5H,6H2,1H3,(H2,15,16,17). The van der Waals surface area contributed by atoms with Crippen LogP contribution in [0.3, 0.4) is 0 Å². The lowest BCUT2D eigenvalue weighted by Crippen LogP contribution is -2.05. The molecule has 0 atom stereocenters. The number of nitrogen functional groups attached to an aromatic ring is 1. The molecule has 1 heterocycles. The van der Waals surface area contributed by atoms with Crippen LogP contribution in [0.4, 0.5) is 5.82 Å². The molecule has 3 nitrogen and oxygen atoms in total. The van der Waals surface area contributed by atoms with E-state index in [0.717, 1.165) is 25.7 Å². The van der Waals surface area contributed by atoms with Crippen LogP contribution in [-0.4, -0.2) is 9.97 Å². The number of hydrogen-bond donors (Lipinski definition) is 1. The van der Waals surface area contributed by atoms with Crippen LogP contribution in [0.1, 0.15) is 17.1 Å². The first-order chi connectivity index (χ1) is 8.06. The maximum Gasteiger partial charge on any atom is 0.140 e. The Labute approximate surface area is 119 Å². The fourth-order valence-electron chi connectivity index (χ4n) is 1.51. The van der Waals surface area contributed by atoms with Crippen molar-refractivity contribution < 1.29 is 0 Å². The monoisotopic (exact) mass is 359 g/mol. The van der Waals surface area contributed by atoms with Crippen molar-refractivity contribution in [2.24, 2.45) is 0 Å². The fraction of sp³-hybridized carbons (Fsp3) is 0.167. The first-order valence-corrected chi connectivity index (χ1v) is 6.55.